The van der Waals surface area contributed by atoms with Crippen molar-refractivity contribution in [3.05, 3.63) is 113 Å². The number of nitrogens with zero attached hydrogens (tertiary/aromatic N) is 1. The molecule has 6 nitrogen and oxygen atoms in total. The lowest BCUT2D eigenvalue weighted by molar-refractivity contribution is -0.161. The van der Waals surface area contributed by atoms with Crippen LogP contribution in [0.5, 0.6) is 5.75 Å². The molecule has 0 aromatic heterocycles. The second-order valence-electron chi connectivity index (χ2n) is 13.4. The van der Waals surface area contributed by atoms with Crippen LogP contribution in [0.25, 0.3) is 10.8 Å². The molecule has 4 bridgehead atoms. The summed E-state index contributed by atoms with van der Waals surface area (Å²) >= 11 is 1.63. The highest BCUT2D eigenvalue weighted by Crippen LogP contribution is 2.61. The number of esters is 2. The smallest absolute Gasteiger partial charge is 0.316 e. The van der Waals surface area contributed by atoms with Crippen molar-refractivity contribution in [2.45, 2.75) is 60.8 Å². The number of hydrogen-bond donors (Lipinski definition) is 0. The van der Waals surface area contributed by atoms with Crippen molar-refractivity contribution in [2.24, 2.45) is 17.8 Å². The van der Waals surface area contributed by atoms with Gasteiger partial charge in [-0.05, 0) is 54.0 Å². The van der Waals surface area contributed by atoms with Gasteiger partial charge in [0.2, 0.25) is 5.91 Å². The van der Waals surface area contributed by atoms with Crippen molar-refractivity contribution in [3.63, 3.8) is 0 Å². The van der Waals surface area contributed by atoms with Crippen LogP contribution in [0.1, 0.15) is 54.4 Å². The Morgan fingerprint density at radius 1 is 0.800 bits per heavy atom. The van der Waals surface area contributed by atoms with Gasteiger partial charge in [-0.1, -0.05) is 84.9 Å². The molecule has 4 aromatic carbocycles. The summed E-state index contributed by atoms with van der Waals surface area (Å²) in [5.74, 6) is -1.63. The van der Waals surface area contributed by atoms with Gasteiger partial charge in [0.1, 0.15) is 11.9 Å². The Labute approximate surface area is 266 Å². The van der Waals surface area contributed by atoms with Crippen LogP contribution >= 0.6 is 11.8 Å². The Hall–Kier alpha value is -4.10. The molecule has 3 aliphatic carbocycles. The van der Waals surface area contributed by atoms with Crippen LogP contribution in [0.4, 0.5) is 0 Å². The summed E-state index contributed by atoms with van der Waals surface area (Å²) in [6, 6.07) is 30.0. The minimum Gasteiger partial charge on any atom is -0.459 e. The molecular formula is C38H33NO5S. The van der Waals surface area contributed by atoms with Gasteiger partial charge in [-0.2, -0.15) is 0 Å². The summed E-state index contributed by atoms with van der Waals surface area (Å²) in [6.07, 6.45) is 0.117. The zero-order chi connectivity index (χ0) is 30.6. The van der Waals surface area contributed by atoms with E-state index in [1.165, 1.54) is 22.3 Å². The number of hydrogen-bond acceptors (Lipinski definition) is 6. The van der Waals surface area contributed by atoms with Crippen LogP contribution in [0.15, 0.2) is 91.0 Å². The molecule has 45 heavy (non-hydrogen) atoms. The van der Waals surface area contributed by atoms with Gasteiger partial charge in [0.25, 0.3) is 0 Å². The maximum absolute atomic E-state index is 14.3. The van der Waals surface area contributed by atoms with E-state index in [0.29, 0.717) is 12.2 Å². The number of amides is 1. The third-order valence-corrected chi connectivity index (χ3v) is 12.7. The number of fused-ring (bicyclic) bond motifs is 3. The summed E-state index contributed by atoms with van der Waals surface area (Å²) in [7, 11) is 0. The third-order valence-electron chi connectivity index (χ3n) is 10.9. The molecule has 0 N–H and O–H groups in total. The van der Waals surface area contributed by atoms with E-state index in [-0.39, 0.29) is 52.2 Å². The molecule has 7 atom stereocenters. The molecule has 0 spiro atoms. The molecule has 10 rings (SSSR count). The molecule has 3 fully saturated rings. The van der Waals surface area contributed by atoms with Gasteiger partial charge in [-0.3, -0.25) is 14.4 Å². The summed E-state index contributed by atoms with van der Waals surface area (Å²) in [5.41, 5.74) is 5.00. The van der Waals surface area contributed by atoms with Crippen molar-refractivity contribution in [2.75, 3.05) is 0 Å². The maximum atomic E-state index is 14.3. The molecule has 6 aliphatic rings. The van der Waals surface area contributed by atoms with Crippen molar-refractivity contribution < 1.29 is 23.9 Å². The van der Waals surface area contributed by atoms with E-state index in [2.05, 4.69) is 36.4 Å². The number of carbonyl (C=O) groups is 3. The van der Waals surface area contributed by atoms with Crippen molar-refractivity contribution >= 4 is 40.4 Å². The lowest BCUT2D eigenvalue weighted by atomic mass is 9.59. The Kier molecular flexibility index (Phi) is 6.02. The fourth-order valence-electron chi connectivity index (χ4n) is 9.21. The molecule has 0 radical (unpaired) electrons. The van der Waals surface area contributed by atoms with Crippen molar-refractivity contribution in [1.29, 1.82) is 0 Å². The molecule has 3 aliphatic heterocycles. The van der Waals surface area contributed by atoms with E-state index in [0.717, 1.165) is 10.8 Å². The zero-order valence-corrected chi connectivity index (χ0v) is 25.9. The minimum absolute atomic E-state index is 0.0343. The van der Waals surface area contributed by atoms with Gasteiger partial charge in [-0.25, -0.2) is 0 Å². The largest absolute Gasteiger partial charge is 0.459 e. The van der Waals surface area contributed by atoms with E-state index >= 15 is 0 Å². The molecule has 3 heterocycles. The lowest BCUT2D eigenvalue weighted by Gasteiger charge is -2.45. The highest BCUT2D eigenvalue weighted by Gasteiger charge is 2.72. The van der Waals surface area contributed by atoms with Crippen molar-refractivity contribution in [1.82, 2.24) is 4.90 Å². The second kappa shape index (κ2) is 9.95. The summed E-state index contributed by atoms with van der Waals surface area (Å²) < 4.78 is 12.6. The first kappa shape index (κ1) is 27.2. The summed E-state index contributed by atoms with van der Waals surface area (Å²) in [4.78, 5) is 44.2. The average molecular weight is 616 g/mol. The molecule has 226 valence electrons. The van der Waals surface area contributed by atoms with Gasteiger partial charge in [-0.15, -0.1) is 11.8 Å². The van der Waals surface area contributed by atoms with E-state index in [1.54, 1.807) is 17.8 Å². The Balaban J connectivity index is 1.05. The van der Waals surface area contributed by atoms with Crippen LogP contribution in [0.3, 0.4) is 0 Å². The molecule has 1 amide bonds. The monoisotopic (exact) mass is 615 g/mol. The Morgan fingerprint density at radius 3 is 2.16 bits per heavy atom. The summed E-state index contributed by atoms with van der Waals surface area (Å²) in [5, 5.41) is 1.37. The van der Waals surface area contributed by atoms with Crippen LogP contribution < -0.4 is 4.74 Å². The van der Waals surface area contributed by atoms with E-state index in [9.17, 15) is 14.4 Å². The fraction of sp³-hybridized carbons (Fsp3) is 0.342. The average Bonchev–Trinajstić information content (AvgIpc) is 3.68. The van der Waals surface area contributed by atoms with Crippen molar-refractivity contribution in [3.8, 4) is 5.75 Å². The maximum Gasteiger partial charge on any atom is 0.316 e. The van der Waals surface area contributed by atoms with Gasteiger partial charge < -0.3 is 14.4 Å². The Bertz CT molecular complexity index is 1850. The first-order valence-electron chi connectivity index (χ1n) is 16.0. The lowest BCUT2D eigenvalue weighted by Crippen LogP contribution is -2.52. The number of benzene rings is 4. The molecule has 7 unspecified atom stereocenters. The van der Waals surface area contributed by atoms with Gasteiger partial charge in [0.05, 0.1) is 29.0 Å². The molecular weight excluding hydrogens is 582 g/mol. The minimum atomic E-state index is -0.687. The van der Waals surface area contributed by atoms with Crippen LogP contribution in [0, 0.1) is 17.8 Å². The predicted octanol–water partition coefficient (Wildman–Crippen LogP) is 6.30. The second-order valence-corrected chi connectivity index (χ2v) is 14.7. The number of rotatable bonds is 5. The summed E-state index contributed by atoms with van der Waals surface area (Å²) in [6.45, 7) is 3.99. The number of carbonyl (C=O) groups excluding carboxylic acids is 3. The SMILES string of the molecule is CC(C)N1C(=O)C2C3SC(C(OC(=O)C4CC5c6ccccc6C4c4ccccc45)C31)C2C(=O)Oc1cccc2ccccc12. The first-order chi connectivity index (χ1) is 21.9. The quantitative estimate of drug-likeness (QED) is 0.194. The molecule has 4 aromatic rings. The zero-order valence-electron chi connectivity index (χ0n) is 25.0. The first-order valence-corrected chi connectivity index (χ1v) is 16.9. The molecule has 3 saturated heterocycles. The fourth-order valence-corrected chi connectivity index (χ4v) is 11.3. The van der Waals surface area contributed by atoms with E-state index < -0.39 is 23.9 Å². The standard InChI is InChI=1S/C38H33NO5S/c1-19(2)39-32-33(44-37(41)27-18-26-22-13-5-7-15-24(22)29(27)25-16-8-6-14-23(25)26)35-31(30(36(39)40)34(32)45-35)38(42)43-28-17-9-11-20-10-3-4-12-21(20)28/h3-17,19,26-27,29-35H,18H2,1-2H3. The predicted molar refractivity (Wildman–Crippen MR) is 172 cm³/mol. The number of thioether (sulfide) groups is 1. The molecule has 7 heteroatoms. The third kappa shape index (κ3) is 3.79. The van der Waals surface area contributed by atoms with Crippen LogP contribution in [0.2, 0.25) is 0 Å². The highest BCUT2D eigenvalue weighted by atomic mass is 32.2. The van der Waals surface area contributed by atoms with E-state index in [4.69, 9.17) is 9.47 Å². The topological polar surface area (TPSA) is 72.9 Å². The Morgan fingerprint density at radius 2 is 1.44 bits per heavy atom. The van der Waals surface area contributed by atoms with Crippen LogP contribution in [-0.2, 0) is 19.1 Å². The van der Waals surface area contributed by atoms with E-state index in [1.807, 2.05) is 67.3 Å². The van der Waals surface area contributed by atoms with Gasteiger partial charge in [0.15, 0.2) is 0 Å². The van der Waals surface area contributed by atoms with Gasteiger partial charge >= 0.3 is 11.9 Å². The highest BCUT2D eigenvalue weighted by molar-refractivity contribution is 8.01. The molecule has 0 saturated carbocycles. The normalized spacial score (nSPS) is 31.8. The van der Waals surface area contributed by atoms with Gasteiger partial charge in [0, 0.05) is 28.5 Å². The van der Waals surface area contributed by atoms with Crippen LogP contribution in [-0.4, -0.2) is 51.4 Å². The number of likely N-dealkylation sites (tertiary alicyclic amines) is 1. The number of ether oxygens (including phenoxy) is 2.